The zero-order chi connectivity index (χ0) is 13.2. The molecule has 0 saturated heterocycles. The molecule has 1 heterocycles. The molecular formula is C15H21N3. The molecule has 3 heteroatoms. The largest absolute Gasteiger partial charge is 0.271 e. The van der Waals surface area contributed by atoms with Crippen molar-refractivity contribution in [1.82, 2.24) is 10.4 Å². The van der Waals surface area contributed by atoms with Gasteiger partial charge in [0.25, 0.3) is 0 Å². The highest BCUT2D eigenvalue weighted by molar-refractivity contribution is 5.81. The molecule has 0 radical (unpaired) electrons. The van der Waals surface area contributed by atoms with Crippen molar-refractivity contribution >= 4 is 10.9 Å². The van der Waals surface area contributed by atoms with Crippen LogP contribution in [0.15, 0.2) is 36.5 Å². The fraction of sp³-hybridized carbons (Fsp3) is 0.400. The average Bonchev–Trinajstić information content (AvgIpc) is 2.34. The van der Waals surface area contributed by atoms with Gasteiger partial charge in [0.2, 0.25) is 0 Å². The SMILES string of the molecule is CC(C)(C)CC(NN)c1cccc2cccnc12. The summed E-state index contributed by atoms with van der Waals surface area (Å²) in [7, 11) is 0. The lowest BCUT2D eigenvalue weighted by molar-refractivity contribution is 0.314. The van der Waals surface area contributed by atoms with Crippen LogP contribution in [0.1, 0.15) is 38.8 Å². The molecule has 96 valence electrons. The Balaban J connectivity index is 2.45. The summed E-state index contributed by atoms with van der Waals surface area (Å²) in [4.78, 5) is 4.48. The Morgan fingerprint density at radius 2 is 1.94 bits per heavy atom. The number of benzene rings is 1. The molecule has 1 atom stereocenters. The third kappa shape index (κ3) is 2.86. The number of rotatable bonds is 3. The van der Waals surface area contributed by atoms with Crippen molar-refractivity contribution in [3.8, 4) is 0 Å². The van der Waals surface area contributed by atoms with Crippen molar-refractivity contribution in [2.24, 2.45) is 11.3 Å². The number of hydrazine groups is 1. The first-order valence-corrected chi connectivity index (χ1v) is 6.31. The molecule has 0 bridgehead atoms. The minimum Gasteiger partial charge on any atom is -0.271 e. The van der Waals surface area contributed by atoms with Crippen LogP contribution < -0.4 is 11.3 Å². The normalized spacial score (nSPS) is 13.8. The molecule has 18 heavy (non-hydrogen) atoms. The average molecular weight is 243 g/mol. The van der Waals surface area contributed by atoms with Gasteiger partial charge in [-0.25, -0.2) is 0 Å². The lowest BCUT2D eigenvalue weighted by Gasteiger charge is -2.26. The number of nitrogens with one attached hydrogen (secondary N) is 1. The number of nitrogens with two attached hydrogens (primary N) is 1. The van der Waals surface area contributed by atoms with Gasteiger partial charge in [-0.3, -0.25) is 16.3 Å². The molecule has 0 aliphatic heterocycles. The fourth-order valence-electron chi connectivity index (χ4n) is 2.28. The summed E-state index contributed by atoms with van der Waals surface area (Å²) >= 11 is 0. The zero-order valence-electron chi connectivity index (χ0n) is 11.3. The van der Waals surface area contributed by atoms with Gasteiger partial charge in [0.1, 0.15) is 0 Å². The highest BCUT2D eigenvalue weighted by atomic mass is 15.2. The number of nitrogens with zero attached hydrogens (tertiary/aromatic N) is 1. The van der Waals surface area contributed by atoms with E-state index in [-0.39, 0.29) is 11.5 Å². The van der Waals surface area contributed by atoms with Crippen LogP contribution in [0.2, 0.25) is 0 Å². The maximum absolute atomic E-state index is 5.73. The molecule has 0 amide bonds. The van der Waals surface area contributed by atoms with Crippen molar-refractivity contribution < 1.29 is 0 Å². The van der Waals surface area contributed by atoms with Gasteiger partial charge in [0.05, 0.1) is 5.52 Å². The zero-order valence-corrected chi connectivity index (χ0v) is 11.3. The third-order valence-corrected chi connectivity index (χ3v) is 3.06. The Morgan fingerprint density at radius 3 is 2.61 bits per heavy atom. The van der Waals surface area contributed by atoms with E-state index in [1.54, 1.807) is 0 Å². The van der Waals surface area contributed by atoms with E-state index in [0.29, 0.717) is 0 Å². The molecule has 2 aromatic rings. The van der Waals surface area contributed by atoms with E-state index in [1.165, 1.54) is 5.56 Å². The van der Waals surface area contributed by atoms with Gasteiger partial charge in [-0.2, -0.15) is 0 Å². The fourth-order valence-corrected chi connectivity index (χ4v) is 2.28. The van der Waals surface area contributed by atoms with E-state index in [4.69, 9.17) is 5.84 Å². The van der Waals surface area contributed by atoms with Crippen molar-refractivity contribution in [1.29, 1.82) is 0 Å². The van der Waals surface area contributed by atoms with Gasteiger partial charge >= 0.3 is 0 Å². The maximum atomic E-state index is 5.73. The quantitative estimate of drug-likeness (QED) is 0.643. The van der Waals surface area contributed by atoms with Crippen LogP contribution in [-0.4, -0.2) is 4.98 Å². The Kier molecular flexibility index (Phi) is 3.64. The number of aromatic nitrogens is 1. The van der Waals surface area contributed by atoms with Crippen LogP contribution >= 0.6 is 0 Å². The Labute approximate surface area is 108 Å². The van der Waals surface area contributed by atoms with E-state index >= 15 is 0 Å². The van der Waals surface area contributed by atoms with Crippen molar-refractivity contribution in [3.63, 3.8) is 0 Å². The molecule has 0 aliphatic carbocycles. The highest BCUT2D eigenvalue weighted by Gasteiger charge is 2.21. The molecule has 1 aromatic carbocycles. The molecule has 3 nitrogen and oxygen atoms in total. The number of hydrogen-bond donors (Lipinski definition) is 2. The van der Waals surface area contributed by atoms with Crippen LogP contribution in [0.4, 0.5) is 0 Å². The lowest BCUT2D eigenvalue weighted by Crippen LogP contribution is -2.31. The van der Waals surface area contributed by atoms with Gasteiger partial charge in [0, 0.05) is 17.6 Å². The summed E-state index contributed by atoms with van der Waals surface area (Å²) in [6, 6.07) is 10.4. The second kappa shape index (κ2) is 5.04. The van der Waals surface area contributed by atoms with Gasteiger partial charge in [0.15, 0.2) is 0 Å². The monoisotopic (exact) mass is 243 g/mol. The lowest BCUT2D eigenvalue weighted by atomic mass is 9.85. The first-order chi connectivity index (χ1) is 8.51. The molecular weight excluding hydrogens is 222 g/mol. The maximum Gasteiger partial charge on any atom is 0.0750 e. The minimum absolute atomic E-state index is 0.128. The summed E-state index contributed by atoms with van der Waals surface area (Å²) in [6.45, 7) is 6.65. The van der Waals surface area contributed by atoms with E-state index in [2.05, 4.69) is 55.4 Å². The number of hydrogen-bond acceptors (Lipinski definition) is 3. The summed E-state index contributed by atoms with van der Waals surface area (Å²) in [5.74, 6) is 5.73. The van der Waals surface area contributed by atoms with Crippen LogP contribution in [-0.2, 0) is 0 Å². The smallest absolute Gasteiger partial charge is 0.0750 e. The number of para-hydroxylation sites is 1. The number of fused-ring (bicyclic) bond motifs is 1. The Morgan fingerprint density at radius 1 is 1.22 bits per heavy atom. The molecule has 0 saturated carbocycles. The van der Waals surface area contributed by atoms with Crippen LogP contribution in [0, 0.1) is 5.41 Å². The molecule has 2 rings (SSSR count). The summed E-state index contributed by atoms with van der Waals surface area (Å²) < 4.78 is 0. The van der Waals surface area contributed by atoms with Gasteiger partial charge in [-0.15, -0.1) is 0 Å². The predicted octanol–water partition coefficient (Wildman–Crippen LogP) is 3.18. The van der Waals surface area contributed by atoms with E-state index in [9.17, 15) is 0 Å². The number of pyridine rings is 1. The Hall–Kier alpha value is -1.45. The van der Waals surface area contributed by atoms with Crippen molar-refractivity contribution in [3.05, 3.63) is 42.1 Å². The Bertz CT molecular complexity index is 523. The van der Waals surface area contributed by atoms with E-state index in [1.807, 2.05) is 12.3 Å². The van der Waals surface area contributed by atoms with Crippen LogP contribution in [0.25, 0.3) is 10.9 Å². The van der Waals surface area contributed by atoms with Gasteiger partial charge < -0.3 is 0 Å². The van der Waals surface area contributed by atoms with E-state index < -0.39 is 0 Å². The molecule has 0 fully saturated rings. The summed E-state index contributed by atoms with van der Waals surface area (Å²) in [6.07, 6.45) is 2.80. The standard InChI is InChI=1S/C15H21N3/c1-15(2,3)10-13(18-16)12-8-4-6-11-7-5-9-17-14(11)12/h4-9,13,18H,10,16H2,1-3H3. The van der Waals surface area contributed by atoms with Crippen LogP contribution in [0.3, 0.4) is 0 Å². The third-order valence-electron chi connectivity index (χ3n) is 3.06. The molecule has 3 N–H and O–H groups in total. The molecule has 1 unspecified atom stereocenters. The van der Waals surface area contributed by atoms with Crippen molar-refractivity contribution in [2.75, 3.05) is 0 Å². The minimum atomic E-state index is 0.128. The summed E-state index contributed by atoms with van der Waals surface area (Å²) in [5, 5.41) is 1.16. The summed E-state index contributed by atoms with van der Waals surface area (Å²) in [5.41, 5.74) is 5.35. The molecule has 0 aliphatic rings. The molecule has 0 spiro atoms. The predicted molar refractivity (Wildman–Crippen MR) is 75.9 cm³/mol. The first-order valence-electron chi connectivity index (χ1n) is 6.31. The topological polar surface area (TPSA) is 50.9 Å². The van der Waals surface area contributed by atoms with Gasteiger partial charge in [-0.05, 0) is 23.5 Å². The van der Waals surface area contributed by atoms with E-state index in [0.717, 1.165) is 17.3 Å². The first kappa shape index (κ1) is 13.0. The van der Waals surface area contributed by atoms with Crippen molar-refractivity contribution in [2.45, 2.75) is 33.2 Å². The highest BCUT2D eigenvalue weighted by Crippen LogP contribution is 2.31. The van der Waals surface area contributed by atoms with Gasteiger partial charge in [-0.1, -0.05) is 45.0 Å². The van der Waals surface area contributed by atoms with Crippen LogP contribution in [0.5, 0.6) is 0 Å². The second-order valence-electron chi connectivity index (χ2n) is 5.91. The molecule has 1 aromatic heterocycles. The second-order valence-corrected chi connectivity index (χ2v) is 5.91.